The van der Waals surface area contributed by atoms with Gasteiger partial charge in [0.25, 0.3) is 5.56 Å². The van der Waals surface area contributed by atoms with Crippen LogP contribution in [0.4, 0.5) is 11.5 Å². The number of ketones is 1. The first-order valence-electron chi connectivity index (χ1n) is 11.6. The molecule has 12 heteroatoms. The highest BCUT2D eigenvalue weighted by Crippen LogP contribution is 2.36. The summed E-state index contributed by atoms with van der Waals surface area (Å²) in [5.74, 6) is -1.79. The number of anilines is 2. The molecule has 1 aromatic heterocycles. The number of amides is 1. The number of nitrogen functional groups attached to an aromatic ring is 1. The Labute approximate surface area is 206 Å². The van der Waals surface area contributed by atoms with Gasteiger partial charge < -0.3 is 24.8 Å². The van der Waals surface area contributed by atoms with Crippen molar-refractivity contribution in [3.8, 4) is 11.5 Å². The predicted octanol–water partition coefficient (Wildman–Crippen LogP) is 0.335. The molecule has 36 heavy (non-hydrogen) atoms. The van der Waals surface area contributed by atoms with E-state index in [1.165, 1.54) is 11.9 Å². The average Bonchev–Trinajstić information content (AvgIpc) is 3.25. The summed E-state index contributed by atoms with van der Waals surface area (Å²) in [6.45, 7) is 4.09. The number of benzene rings is 1. The number of carbonyl (C=O) groups excluding carboxylic acids is 3. The molecule has 0 spiro atoms. The van der Waals surface area contributed by atoms with Crippen LogP contribution in [-0.4, -0.2) is 53.2 Å². The molecule has 2 aliphatic rings. The first-order valence-corrected chi connectivity index (χ1v) is 11.6. The van der Waals surface area contributed by atoms with Gasteiger partial charge in [0.2, 0.25) is 11.7 Å². The van der Waals surface area contributed by atoms with Crippen molar-refractivity contribution in [3.05, 3.63) is 44.6 Å². The Morgan fingerprint density at radius 2 is 1.83 bits per heavy atom. The standard InChI is InChI=1S/C24H28N4O8/c1-13(2)10-28-21(25)20(22(31)26(3)24(28)33)16(29)12-36-23(32)14-8-19(30)27(11-14)15-4-5-17-18(9-15)35-7-6-34-17/h4-5,9,13-14H,6-8,10-12,25H2,1-3H3/t14-/m0/s1. The maximum atomic E-state index is 12.8. The summed E-state index contributed by atoms with van der Waals surface area (Å²) in [5, 5.41) is 0. The lowest BCUT2D eigenvalue weighted by Crippen LogP contribution is -2.43. The van der Waals surface area contributed by atoms with E-state index in [-0.39, 0.29) is 37.2 Å². The molecule has 2 aromatic rings. The van der Waals surface area contributed by atoms with Gasteiger partial charge in [-0.2, -0.15) is 0 Å². The SMILES string of the molecule is CC(C)Cn1c(N)c(C(=O)COC(=O)[C@H]2CC(=O)N(c3ccc4c(c3)OCCO4)C2)c(=O)n(C)c1=O. The molecule has 192 valence electrons. The van der Waals surface area contributed by atoms with E-state index in [0.29, 0.717) is 30.4 Å². The molecular formula is C24H28N4O8. The smallest absolute Gasteiger partial charge is 0.332 e. The molecule has 0 unspecified atom stereocenters. The molecule has 1 fully saturated rings. The predicted molar refractivity (Wildman–Crippen MR) is 128 cm³/mol. The second-order valence-electron chi connectivity index (χ2n) is 9.18. The average molecular weight is 501 g/mol. The molecule has 1 atom stereocenters. The fourth-order valence-electron chi connectivity index (χ4n) is 4.23. The lowest BCUT2D eigenvalue weighted by Gasteiger charge is -2.22. The van der Waals surface area contributed by atoms with E-state index in [2.05, 4.69) is 0 Å². The number of esters is 1. The van der Waals surface area contributed by atoms with Crippen molar-refractivity contribution in [2.75, 3.05) is 37.0 Å². The van der Waals surface area contributed by atoms with Crippen molar-refractivity contribution in [1.82, 2.24) is 9.13 Å². The Morgan fingerprint density at radius 3 is 2.53 bits per heavy atom. The number of Topliss-reactive ketones (excluding diaryl/α,β-unsaturated/α-hetero) is 1. The van der Waals surface area contributed by atoms with Gasteiger partial charge in [0.1, 0.15) is 24.6 Å². The quantitative estimate of drug-likeness (QED) is 0.419. The second-order valence-corrected chi connectivity index (χ2v) is 9.18. The first kappa shape index (κ1) is 25.0. The van der Waals surface area contributed by atoms with E-state index in [1.807, 2.05) is 13.8 Å². The summed E-state index contributed by atoms with van der Waals surface area (Å²) in [7, 11) is 1.25. The number of rotatable bonds is 7. The zero-order chi connectivity index (χ0) is 26.1. The van der Waals surface area contributed by atoms with Crippen LogP contribution >= 0.6 is 0 Å². The van der Waals surface area contributed by atoms with Gasteiger partial charge in [0, 0.05) is 38.3 Å². The highest BCUT2D eigenvalue weighted by Gasteiger charge is 2.37. The molecule has 0 aliphatic carbocycles. The third-order valence-electron chi connectivity index (χ3n) is 6.05. The van der Waals surface area contributed by atoms with Crippen LogP contribution in [0.5, 0.6) is 11.5 Å². The van der Waals surface area contributed by atoms with E-state index in [0.717, 1.165) is 9.13 Å². The molecule has 12 nitrogen and oxygen atoms in total. The van der Waals surface area contributed by atoms with Gasteiger partial charge in [-0.1, -0.05) is 13.8 Å². The molecule has 0 bridgehead atoms. The lowest BCUT2D eigenvalue weighted by molar-refractivity contribution is -0.147. The van der Waals surface area contributed by atoms with Crippen molar-refractivity contribution in [2.24, 2.45) is 18.9 Å². The number of hydrogen-bond acceptors (Lipinski definition) is 9. The largest absolute Gasteiger partial charge is 0.486 e. The Morgan fingerprint density at radius 1 is 1.14 bits per heavy atom. The number of nitrogens with zero attached hydrogens (tertiary/aromatic N) is 3. The molecule has 2 aliphatic heterocycles. The highest BCUT2D eigenvalue weighted by atomic mass is 16.6. The van der Waals surface area contributed by atoms with Gasteiger partial charge in [-0.15, -0.1) is 0 Å². The van der Waals surface area contributed by atoms with Crippen molar-refractivity contribution in [3.63, 3.8) is 0 Å². The maximum Gasteiger partial charge on any atom is 0.332 e. The number of hydrogen-bond donors (Lipinski definition) is 1. The van der Waals surface area contributed by atoms with E-state index in [1.54, 1.807) is 18.2 Å². The lowest BCUT2D eigenvalue weighted by atomic mass is 10.1. The Balaban J connectivity index is 1.45. The third-order valence-corrected chi connectivity index (χ3v) is 6.05. The Bertz CT molecular complexity index is 1340. The molecule has 3 heterocycles. The van der Waals surface area contributed by atoms with E-state index in [9.17, 15) is 24.0 Å². The number of fused-ring (bicyclic) bond motifs is 1. The first-order chi connectivity index (χ1) is 17.1. The summed E-state index contributed by atoms with van der Waals surface area (Å²) in [6.07, 6.45) is -0.0926. The number of ether oxygens (including phenoxy) is 3. The monoisotopic (exact) mass is 500 g/mol. The van der Waals surface area contributed by atoms with Gasteiger partial charge in [-0.05, 0) is 18.1 Å². The topological polar surface area (TPSA) is 152 Å². The summed E-state index contributed by atoms with van der Waals surface area (Å²) < 4.78 is 18.2. The molecule has 2 N–H and O–H groups in total. The van der Waals surface area contributed by atoms with Crippen LogP contribution in [0.1, 0.15) is 30.6 Å². The van der Waals surface area contributed by atoms with Crippen molar-refractivity contribution in [1.29, 1.82) is 0 Å². The summed E-state index contributed by atoms with van der Waals surface area (Å²) >= 11 is 0. The van der Waals surface area contributed by atoms with Crippen molar-refractivity contribution >= 4 is 29.2 Å². The molecule has 1 amide bonds. The molecular weight excluding hydrogens is 472 g/mol. The van der Waals surface area contributed by atoms with Crippen LogP contribution in [0.3, 0.4) is 0 Å². The highest BCUT2D eigenvalue weighted by molar-refractivity contribution is 6.02. The molecule has 0 radical (unpaired) electrons. The van der Waals surface area contributed by atoms with Gasteiger partial charge in [0.05, 0.1) is 5.92 Å². The van der Waals surface area contributed by atoms with Gasteiger partial charge in [-0.3, -0.25) is 28.3 Å². The van der Waals surface area contributed by atoms with Crippen molar-refractivity contribution < 1.29 is 28.6 Å². The second kappa shape index (κ2) is 9.88. The third kappa shape index (κ3) is 4.70. The molecule has 1 aromatic carbocycles. The minimum atomic E-state index is -0.862. The van der Waals surface area contributed by atoms with Crippen molar-refractivity contribution in [2.45, 2.75) is 26.8 Å². The number of nitrogens with two attached hydrogens (primary N) is 1. The zero-order valence-electron chi connectivity index (χ0n) is 20.3. The fourth-order valence-corrected chi connectivity index (χ4v) is 4.23. The van der Waals surface area contributed by atoms with E-state index >= 15 is 0 Å². The van der Waals surface area contributed by atoms with Crippen LogP contribution in [0.15, 0.2) is 27.8 Å². The van der Waals surface area contributed by atoms with E-state index in [4.69, 9.17) is 19.9 Å². The number of carbonyl (C=O) groups is 3. The maximum absolute atomic E-state index is 12.8. The van der Waals surface area contributed by atoms with Crippen LogP contribution in [-0.2, 0) is 27.9 Å². The minimum absolute atomic E-state index is 0.0281. The summed E-state index contributed by atoms with van der Waals surface area (Å²) in [4.78, 5) is 64.5. The normalized spacial score (nSPS) is 16.9. The zero-order valence-corrected chi connectivity index (χ0v) is 20.3. The van der Waals surface area contributed by atoms with E-state index < -0.39 is 41.1 Å². The van der Waals surface area contributed by atoms with Gasteiger partial charge in [-0.25, -0.2) is 4.79 Å². The Hall–Kier alpha value is -4.09. The minimum Gasteiger partial charge on any atom is -0.486 e. The van der Waals surface area contributed by atoms with Gasteiger partial charge in [0.15, 0.2) is 18.1 Å². The summed E-state index contributed by atoms with van der Waals surface area (Å²) in [5.41, 5.74) is 4.65. The summed E-state index contributed by atoms with van der Waals surface area (Å²) in [6, 6.07) is 5.08. The molecule has 1 saturated heterocycles. The van der Waals surface area contributed by atoms with Crippen LogP contribution in [0.2, 0.25) is 0 Å². The fraction of sp³-hybridized carbons (Fsp3) is 0.458. The molecule has 4 rings (SSSR count). The van der Waals surface area contributed by atoms with Crippen LogP contribution in [0.25, 0.3) is 0 Å². The molecule has 0 saturated carbocycles. The Kier molecular flexibility index (Phi) is 6.86. The number of aromatic nitrogens is 2. The van der Waals surface area contributed by atoms with Gasteiger partial charge >= 0.3 is 11.7 Å². The van der Waals surface area contributed by atoms with Crippen LogP contribution < -0.4 is 31.4 Å². The van der Waals surface area contributed by atoms with Crippen LogP contribution in [0, 0.1) is 11.8 Å².